The highest BCUT2D eigenvalue weighted by Crippen LogP contribution is 2.44. The van der Waals surface area contributed by atoms with Crippen molar-refractivity contribution in [1.82, 2.24) is 5.32 Å². The lowest BCUT2D eigenvalue weighted by Crippen LogP contribution is -2.60. The minimum absolute atomic E-state index is 0.242. The number of hydrogen-bond donors (Lipinski definition) is 2. The van der Waals surface area contributed by atoms with Gasteiger partial charge >= 0.3 is 0 Å². The fourth-order valence-corrected chi connectivity index (χ4v) is 3.70. The molecule has 20 heavy (non-hydrogen) atoms. The van der Waals surface area contributed by atoms with Crippen LogP contribution in [0.4, 0.5) is 4.39 Å². The molecular formula is C15H19FN2OS. The molecule has 108 valence electrons. The van der Waals surface area contributed by atoms with Gasteiger partial charge in [-0.2, -0.15) is 0 Å². The summed E-state index contributed by atoms with van der Waals surface area (Å²) in [6.07, 6.45) is 4.38. The van der Waals surface area contributed by atoms with E-state index in [1.807, 2.05) is 0 Å². The average molecular weight is 294 g/mol. The number of primary amides is 1. The van der Waals surface area contributed by atoms with Crippen molar-refractivity contribution in [3.8, 4) is 0 Å². The van der Waals surface area contributed by atoms with Crippen molar-refractivity contribution in [2.24, 2.45) is 11.7 Å². The number of hydrogen-bond acceptors (Lipinski definition) is 3. The van der Waals surface area contributed by atoms with Gasteiger partial charge in [0.25, 0.3) is 0 Å². The highest BCUT2D eigenvalue weighted by molar-refractivity contribution is 7.99. The summed E-state index contributed by atoms with van der Waals surface area (Å²) in [5, 5.41) is 3.48. The summed E-state index contributed by atoms with van der Waals surface area (Å²) in [6.45, 7) is 0. The van der Waals surface area contributed by atoms with Crippen LogP contribution in [0.1, 0.15) is 25.7 Å². The topological polar surface area (TPSA) is 55.1 Å². The molecule has 1 amide bonds. The second kappa shape index (κ2) is 5.37. The van der Waals surface area contributed by atoms with Gasteiger partial charge < -0.3 is 5.73 Å². The molecule has 0 saturated heterocycles. The minimum atomic E-state index is -0.597. The van der Waals surface area contributed by atoms with E-state index in [0.717, 1.165) is 30.6 Å². The maximum Gasteiger partial charge on any atom is 0.238 e. The molecule has 1 aromatic rings. The summed E-state index contributed by atoms with van der Waals surface area (Å²) < 4.78 is 12.9. The van der Waals surface area contributed by atoms with Crippen molar-refractivity contribution in [3.63, 3.8) is 0 Å². The Morgan fingerprint density at radius 3 is 2.45 bits per heavy atom. The van der Waals surface area contributed by atoms with Crippen LogP contribution in [0, 0.1) is 11.7 Å². The number of carbonyl (C=O) groups excluding carboxylic acids is 1. The summed E-state index contributed by atoms with van der Waals surface area (Å²) in [4.78, 5) is 13.0. The summed E-state index contributed by atoms with van der Waals surface area (Å²) in [7, 11) is 0. The van der Waals surface area contributed by atoms with E-state index in [4.69, 9.17) is 5.73 Å². The second-order valence-electron chi connectivity index (χ2n) is 5.77. The van der Waals surface area contributed by atoms with Crippen LogP contribution in [0.25, 0.3) is 0 Å². The van der Waals surface area contributed by atoms with E-state index < -0.39 is 5.54 Å². The van der Waals surface area contributed by atoms with Crippen molar-refractivity contribution >= 4 is 17.7 Å². The normalized spacial score (nSPS) is 21.4. The van der Waals surface area contributed by atoms with E-state index in [2.05, 4.69) is 5.32 Å². The van der Waals surface area contributed by atoms with E-state index in [9.17, 15) is 9.18 Å². The van der Waals surface area contributed by atoms with Gasteiger partial charge in [0.2, 0.25) is 5.91 Å². The largest absolute Gasteiger partial charge is 0.368 e. The maximum atomic E-state index is 12.9. The van der Waals surface area contributed by atoms with E-state index in [1.165, 1.54) is 12.1 Å². The fraction of sp³-hybridized carbons (Fsp3) is 0.533. The molecule has 3 rings (SSSR count). The van der Waals surface area contributed by atoms with Gasteiger partial charge in [0.15, 0.2) is 0 Å². The van der Waals surface area contributed by atoms with Crippen LogP contribution in [0.5, 0.6) is 0 Å². The van der Waals surface area contributed by atoms with E-state index in [0.29, 0.717) is 17.7 Å². The van der Waals surface area contributed by atoms with Gasteiger partial charge in [0, 0.05) is 16.7 Å². The molecule has 1 aromatic carbocycles. The summed E-state index contributed by atoms with van der Waals surface area (Å²) in [5.74, 6) is 0.485. The first kappa shape index (κ1) is 13.9. The predicted molar refractivity (Wildman–Crippen MR) is 77.9 cm³/mol. The van der Waals surface area contributed by atoms with Gasteiger partial charge in [0.1, 0.15) is 11.4 Å². The monoisotopic (exact) mass is 294 g/mol. The van der Waals surface area contributed by atoms with Gasteiger partial charge in [-0.15, -0.1) is 11.8 Å². The van der Waals surface area contributed by atoms with Crippen LogP contribution in [-0.4, -0.2) is 23.2 Å². The highest BCUT2D eigenvalue weighted by atomic mass is 32.2. The summed E-state index contributed by atoms with van der Waals surface area (Å²) in [5.41, 5.74) is 5.11. The molecule has 2 aliphatic rings. The Balaban J connectivity index is 1.71. The third kappa shape index (κ3) is 2.99. The van der Waals surface area contributed by atoms with Gasteiger partial charge in [-0.1, -0.05) is 0 Å². The number of thioether (sulfide) groups is 1. The molecule has 0 heterocycles. The van der Waals surface area contributed by atoms with Crippen LogP contribution in [0.3, 0.4) is 0 Å². The SMILES string of the molecule is NC(=O)C(CSc1ccc(F)cc1)(NC1CC1)C1CC1. The zero-order valence-electron chi connectivity index (χ0n) is 11.3. The first-order chi connectivity index (χ1) is 9.60. The molecule has 3 N–H and O–H groups in total. The Labute approximate surface area is 122 Å². The second-order valence-corrected chi connectivity index (χ2v) is 6.82. The quantitative estimate of drug-likeness (QED) is 0.759. The molecular weight excluding hydrogens is 275 g/mol. The number of benzene rings is 1. The Morgan fingerprint density at radius 2 is 1.95 bits per heavy atom. The van der Waals surface area contributed by atoms with E-state index in [1.54, 1.807) is 23.9 Å². The zero-order chi connectivity index (χ0) is 14.2. The number of amides is 1. The van der Waals surface area contributed by atoms with Crippen LogP contribution < -0.4 is 11.1 Å². The standard InChI is InChI=1S/C15H19FN2OS/c16-11-3-7-13(8-4-11)20-9-15(14(17)19,10-1-2-10)18-12-5-6-12/h3-4,7-8,10,12,18H,1-2,5-6,9H2,(H2,17,19). The lowest BCUT2D eigenvalue weighted by atomic mass is 9.94. The van der Waals surface area contributed by atoms with Crippen molar-refractivity contribution < 1.29 is 9.18 Å². The van der Waals surface area contributed by atoms with Crippen LogP contribution in [0.2, 0.25) is 0 Å². The zero-order valence-corrected chi connectivity index (χ0v) is 12.1. The lowest BCUT2D eigenvalue weighted by Gasteiger charge is -2.32. The van der Waals surface area contributed by atoms with Gasteiger partial charge in [-0.05, 0) is 55.9 Å². The molecule has 1 unspecified atom stereocenters. The van der Waals surface area contributed by atoms with E-state index in [-0.39, 0.29) is 11.7 Å². The average Bonchev–Trinajstić information content (AvgIpc) is 3.28. The Morgan fingerprint density at radius 1 is 1.30 bits per heavy atom. The van der Waals surface area contributed by atoms with Crippen molar-refractivity contribution in [2.45, 2.75) is 42.2 Å². The van der Waals surface area contributed by atoms with Crippen molar-refractivity contribution in [3.05, 3.63) is 30.1 Å². The molecule has 3 nitrogen and oxygen atoms in total. The van der Waals surface area contributed by atoms with Crippen molar-refractivity contribution in [1.29, 1.82) is 0 Å². The van der Waals surface area contributed by atoms with Crippen LogP contribution >= 0.6 is 11.8 Å². The van der Waals surface area contributed by atoms with Gasteiger partial charge in [-0.3, -0.25) is 10.1 Å². The molecule has 5 heteroatoms. The fourth-order valence-electron chi connectivity index (χ4n) is 2.52. The Kier molecular flexibility index (Phi) is 3.73. The third-order valence-corrected chi connectivity index (χ3v) is 5.24. The Bertz CT molecular complexity index is 499. The Hall–Kier alpha value is -1.07. The first-order valence-electron chi connectivity index (χ1n) is 7.06. The number of nitrogens with one attached hydrogen (secondary N) is 1. The van der Waals surface area contributed by atoms with Gasteiger partial charge in [-0.25, -0.2) is 4.39 Å². The number of nitrogens with two attached hydrogens (primary N) is 1. The van der Waals surface area contributed by atoms with Crippen LogP contribution in [0.15, 0.2) is 29.2 Å². The highest BCUT2D eigenvalue weighted by Gasteiger charge is 2.51. The minimum Gasteiger partial charge on any atom is -0.368 e. The number of rotatable bonds is 7. The smallest absolute Gasteiger partial charge is 0.238 e. The molecule has 0 aromatic heterocycles. The predicted octanol–water partition coefficient (Wildman–Crippen LogP) is 2.30. The first-order valence-corrected chi connectivity index (χ1v) is 8.05. The molecule has 2 aliphatic carbocycles. The molecule has 2 saturated carbocycles. The summed E-state index contributed by atoms with van der Waals surface area (Å²) in [6, 6.07) is 6.82. The number of halogens is 1. The third-order valence-electron chi connectivity index (χ3n) is 4.03. The van der Waals surface area contributed by atoms with E-state index >= 15 is 0 Å². The molecule has 0 bridgehead atoms. The van der Waals surface area contributed by atoms with Crippen molar-refractivity contribution in [2.75, 3.05) is 5.75 Å². The lowest BCUT2D eigenvalue weighted by molar-refractivity contribution is -0.124. The molecule has 0 aliphatic heterocycles. The molecule has 2 fully saturated rings. The maximum absolute atomic E-state index is 12.9. The molecule has 0 spiro atoms. The van der Waals surface area contributed by atoms with Gasteiger partial charge in [0.05, 0.1) is 0 Å². The number of carbonyl (C=O) groups is 1. The molecule has 1 atom stereocenters. The van der Waals surface area contributed by atoms with Crippen LogP contribution in [-0.2, 0) is 4.79 Å². The summed E-state index contributed by atoms with van der Waals surface area (Å²) >= 11 is 1.57. The molecule has 0 radical (unpaired) electrons.